The largest absolute Gasteiger partial charge is 0.327 e. The molecule has 27 heavy (non-hydrogen) atoms. The maximum absolute atomic E-state index is 12.9. The van der Waals surface area contributed by atoms with Crippen molar-refractivity contribution < 1.29 is 9.59 Å². The first kappa shape index (κ1) is 16.9. The van der Waals surface area contributed by atoms with Crippen LogP contribution in [-0.2, 0) is 4.79 Å². The number of benzene rings is 2. The Hall–Kier alpha value is -3.55. The number of likely N-dealkylation sites (tertiary alicyclic amines) is 1. The van der Waals surface area contributed by atoms with E-state index in [-0.39, 0.29) is 11.8 Å². The van der Waals surface area contributed by atoms with Crippen molar-refractivity contribution >= 4 is 17.5 Å². The van der Waals surface area contributed by atoms with Crippen LogP contribution in [0.25, 0.3) is 5.69 Å². The molecular weight excluding hydrogens is 344 g/mol. The van der Waals surface area contributed by atoms with Crippen molar-refractivity contribution in [3.8, 4) is 5.69 Å². The second-order valence-corrected chi connectivity index (χ2v) is 6.31. The third-order valence-corrected chi connectivity index (χ3v) is 4.59. The van der Waals surface area contributed by atoms with E-state index in [0.29, 0.717) is 18.5 Å². The number of para-hydroxylation sites is 1. The molecule has 136 valence electrons. The van der Waals surface area contributed by atoms with Crippen molar-refractivity contribution in [2.24, 2.45) is 0 Å². The van der Waals surface area contributed by atoms with Crippen LogP contribution in [0.4, 0.5) is 5.69 Å². The fraction of sp³-hybridized carbons (Fsp3) is 0.211. The fourth-order valence-electron chi connectivity index (χ4n) is 3.23. The smallest absolute Gasteiger partial charge is 0.254 e. The number of nitrogens with zero attached hydrogens (tertiary/aromatic N) is 5. The number of tetrazole rings is 1. The van der Waals surface area contributed by atoms with Gasteiger partial charge in [0.1, 0.15) is 12.4 Å². The molecule has 1 atom stereocenters. The second kappa shape index (κ2) is 7.36. The first-order valence-corrected chi connectivity index (χ1v) is 8.73. The summed E-state index contributed by atoms with van der Waals surface area (Å²) in [6.45, 7) is 0.570. The number of rotatable bonds is 4. The van der Waals surface area contributed by atoms with Crippen LogP contribution in [0, 0.1) is 0 Å². The van der Waals surface area contributed by atoms with Gasteiger partial charge in [-0.1, -0.05) is 18.2 Å². The van der Waals surface area contributed by atoms with E-state index in [4.69, 9.17) is 0 Å². The lowest BCUT2D eigenvalue weighted by molar-refractivity contribution is -0.119. The van der Waals surface area contributed by atoms with Crippen LogP contribution in [0.15, 0.2) is 60.9 Å². The van der Waals surface area contributed by atoms with Crippen LogP contribution in [0.3, 0.4) is 0 Å². The Labute approximate surface area is 155 Å². The Morgan fingerprint density at radius 2 is 1.81 bits per heavy atom. The fourth-order valence-corrected chi connectivity index (χ4v) is 3.23. The third kappa shape index (κ3) is 3.55. The summed E-state index contributed by atoms with van der Waals surface area (Å²) in [6.07, 6.45) is 2.95. The number of nitrogens with one attached hydrogen (secondary N) is 1. The summed E-state index contributed by atoms with van der Waals surface area (Å²) in [5.41, 5.74) is 2.02. The zero-order valence-electron chi connectivity index (χ0n) is 14.5. The van der Waals surface area contributed by atoms with E-state index in [9.17, 15) is 9.59 Å². The topological polar surface area (TPSA) is 93.0 Å². The highest BCUT2D eigenvalue weighted by atomic mass is 16.2. The highest BCUT2D eigenvalue weighted by Gasteiger charge is 2.34. The minimum absolute atomic E-state index is 0.149. The Kier molecular flexibility index (Phi) is 4.61. The van der Waals surface area contributed by atoms with E-state index in [0.717, 1.165) is 17.8 Å². The first-order valence-electron chi connectivity index (χ1n) is 8.73. The molecule has 0 unspecified atom stereocenters. The third-order valence-electron chi connectivity index (χ3n) is 4.59. The molecule has 0 saturated carbocycles. The van der Waals surface area contributed by atoms with E-state index in [1.54, 1.807) is 29.2 Å². The van der Waals surface area contributed by atoms with E-state index in [2.05, 4.69) is 20.8 Å². The summed E-state index contributed by atoms with van der Waals surface area (Å²) in [6, 6.07) is 15.8. The summed E-state index contributed by atoms with van der Waals surface area (Å²) in [5.74, 6) is -0.304. The van der Waals surface area contributed by atoms with Crippen LogP contribution in [0.2, 0.25) is 0 Å². The zero-order valence-corrected chi connectivity index (χ0v) is 14.5. The summed E-state index contributed by atoms with van der Waals surface area (Å²) in [4.78, 5) is 27.2. The molecule has 2 amide bonds. The Balaban J connectivity index is 1.48. The number of hydrogen-bond donors (Lipinski definition) is 1. The normalized spacial score (nSPS) is 16.3. The van der Waals surface area contributed by atoms with Crippen molar-refractivity contribution in [3.05, 3.63) is 66.5 Å². The highest BCUT2D eigenvalue weighted by molar-refractivity contribution is 6.01. The lowest BCUT2D eigenvalue weighted by Crippen LogP contribution is -2.43. The van der Waals surface area contributed by atoms with Crippen LogP contribution in [0.1, 0.15) is 23.2 Å². The molecule has 0 radical (unpaired) electrons. The maximum atomic E-state index is 12.9. The summed E-state index contributed by atoms with van der Waals surface area (Å²) >= 11 is 0. The molecule has 1 N–H and O–H groups in total. The van der Waals surface area contributed by atoms with Crippen molar-refractivity contribution in [2.75, 3.05) is 11.9 Å². The molecule has 1 saturated heterocycles. The van der Waals surface area contributed by atoms with E-state index >= 15 is 0 Å². The number of anilines is 1. The van der Waals surface area contributed by atoms with Gasteiger partial charge in [-0.15, -0.1) is 5.10 Å². The SMILES string of the molecule is O=C(Nc1ccccc1)[C@H]1CCCN1C(=O)c1ccc(-n2cnnn2)cc1. The van der Waals surface area contributed by atoms with Crippen molar-refractivity contribution in [3.63, 3.8) is 0 Å². The molecule has 1 aliphatic heterocycles. The van der Waals surface area contributed by atoms with Crippen molar-refractivity contribution in [1.29, 1.82) is 0 Å². The average molecular weight is 362 g/mol. The van der Waals surface area contributed by atoms with Crippen LogP contribution in [-0.4, -0.2) is 49.5 Å². The van der Waals surface area contributed by atoms with Gasteiger partial charge in [-0.3, -0.25) is 9.59 Å². The summed E-state index contributed by atoms with van der Waals surface area (Å²) < 4.78 is 1.51. The number of aromatic nitrogens is 4. The van der Waals surface area contributed by atoms with Crippen LogP contribution >= 0.6 is 0 Å². The molecular formula is C19H18N6O2. The molecule has 0 bridgehead atoms. The minimum Gasteiger partial charge on any atom is -0.327 e. The van der Waals surface area contributed by atoms with Gasteiger partial charge in [-0.05, 0) is 59.7 Å². The number of carbonyl (C=O) groups excluding carboxylic acids is 2. The quantitative estimate of drug-likeness (QED) is 0.765. The number of amides is 2. The second-order valence-electron chi connectivity index (χ2n) is 6.31. The van der Waals surface area contributed by atoms with Crippen LogP contribution in [0.5, 0.6) is 0 Å². The highest BCUT2D eigenvalue weighted by Crippen LogP contribution is 2.22. The predicted molar refractivity (Wildman–Crippen MR) is 98.3 cm³/mol. The van der Waals surface area contributed by atoms with E-state index < -0.39 is 6.04 Å². The van der Waals surface area contributed by atoms with Crippen molar-refractivity contribution in [2.45, 2.75) is 18.9 Å². The van der Waals surface area contributed by atoms with Gasteiger partial charge in [0.2, 0.25) is 5.91 Å². The molecule has 8 heteroatoms. The Morgan fingerprint density at radius 3 is 2.52 bits per heavy atom. The van der Waals surface area contributed by atoms with Gasteiger partial charge in [-0.25, -0.2) is 4.68 Å². The summed E-state index contributed by atoms with van der Waals surface area (Å²) in [7, 11) is 0. The lowest BCUT2D eigenvalue weighted by atomic mass is 10.1. The van der Waals surface area contributed by atoms with Gasteiger partial charge in [0, 0.05) is 17.8 Å². The van der Waals surface area contributed by atoms with E-state index in [1.807, 2.05) is 30.3 Å². The van der Waals surface area contributed by atoms with Gasteiger partial charge in [0.25, 0.3) is 5.91 Å². The monoisotopic (exact) mass is 362 g/mol. The molecule has 3 aromatic rings. The van der Waals surface area contributed by atoms with Gasteiger partial charge in [-0.2, -0.15) is 0 Å². The van der Waals surface area contributed by atoms with Crippen molar-refractivity contribution in [1.82, 2.24) is 25.1 Å². The molecule has 0 spiro atoms. The molecule has 1 aromatic heterocycles. The molecule has 4 rings (SSSR count). The van der Waals surface area contributed by atoms with Crippen LogP contribution < -0.4 is 5.32 Å². The molecule has 2 aromatic carbocycles. The number of hydrogen-bond acceptors (Lipinski definition) is 5. The Morgan fingerprint density at radius 1 is 1.04 bits per heavy atom. The Bertz CT molecular complexity index is 925. The zero-order chi connectivity index (χ0) is 18.6. The molecule has 1 aliphatic rings. The van der Waals surface area contributed by atoms with E-state index in [1.165, 1.54) is 11.0 Å². The van der Waals surface area contributed by atoms with Gasteiger partial charge in [0.15, 0.2) is 0 Å². The standard InChI is InChI=1S/C19H18N6O2/c26-18(21-15-5-2-1-3-6-15)17-7-4-12-24(17)19(27)14-8-10-16(11-9-14)25-13-20-22-23-25/h1-3,5-6,8-11,13,17H,4,7,12H2,(H,21,26)/t17-/m1/s1. The molecule has 0 aliphatic carbocycles. The maximum Gasteiger partial charge on any atom is 0.254 e. The van der Waals surface area contributed by atoms with Gasteiger partial charge in [0.05, 0.1) is 5.69 Å². The van der Waals surface area contributed by atoms with Gasteiger partial charge < -0.3 is 10.2 Å². The first-order chi connectivity index (χ1) is 13.2. The predicted octanol–water partition coefficient (Wildman–Crippen LogP) is 1.91. The molecule has 8 nitrogen and oxygen atoms in total. The minimum atomic E-state index is -0.461. The molecule has 2 heterocycles. The molecule has 1 fully saturated rings. The average Bonchev–Trinajstić information content (AvgIpc) is 3.40. The summed E-state index contributed by atoms with van der Waals surface area (Å²) in [5, 5.41) is 13.9. The van der Waals surface area contributed by atoms with Gasteiger partial charge >= 0.3 is 0 Å². The lowest BCUT2D eigenvalue weighted by Gasteiger charge is -2.24. The number of carbonyl (C=O) groups is 2.